The molecule has 24 N–H and O–H groups in total. The minimum Gasteiger partial charge on any atom is -0.508 e. The highest BCUT2D eigenvalue weighted by Crippen LogP contribution is 2.24. The van der Waals surface area contributed by atoms with Crippen molar-refractivity contribution >= 4 is 148 Å². The van der Waals surface area contributed by atoms with Gasteiger partial charge in [0.05, 0.1) is 12.5 Å². The van der Waals surface area contributed by atoms with Gasteiger partial charge in [-0.3, -0.25) is 81.5 Å². The second-order valence-corrected chi connectivity index (χ2v) is 28.8. The predicted molar refractivity (Wildman–Crippen MR) is 418 cm³/mol. The number of phenols is 1. The average Bonchev–Trinajstić information content (AvgIpc) is 0.959. The number of aromatic amines is 2. The van der Waals surface area contributed by atoms with E-state index < -0.39 is 230 Å². The van der Waals surface area contributed by atoms with Gasteiger partial charge in [-0.1, -0.05) is 62.4 Å². The second-order valence-electron chi connectivity index (χ2n) is 28.1. The number of aliphatic hydroxyl groups excluding tert-OH is 1. The molecule has 0 saturated carbocycles. The fraction of sp³-hybridized carbons (Fsp3) is 0.473. The number of nitrogens with one attached hydrogen (secondary N) is 13. The number of benzene rings is 3. The van der Waals surface area contributed by atoms with Gasteiger partial charge in [0, 0.05) is 97.7 Å². The molecule has 38 nitrogen and oxygen atoms in total. The highest BCUT2D eigenvalue weighted by molar-refractivity contribution is 7.80. The van der Waals surface area contributed by atoms with Crippen molar-refractivity contribution in [3.8, 4) is 5.75 Å². The molecule has 1 aliphatic rings. The number of fused-ring (bicyclic) bond motifs is 2. The number of aromatic hydroxyl groups is 1. The number of amides is 16. The molecular weight excluding hydrogens is 1530 g/mol. The lowest BCUT2D eigenvalue weighted by atomic mass is 9.99. The summed E-state index contributed by atoms with van der Waals surface area (Å²) in [5.74, 6) is -18.5. The molecule has 1 fully saturated rings. The summed E-state index contributed by atoms with van der Waals surface area (Å²) in [6, 6.07) is -0.289. The standard InChI is InChI=1S/C74H100N18O20S2/c1-36(2)15-20-47(64(102)82-50(23-26-61(99)100)65(103)89-54(31-60(77)98)74(112)92-27-9-14-57(92)63(78)101)83-69(107)52(29-40-32-79-45-12-7-5-10-43(40)45)87-68(106)51(28-39-16-18-42(95)19-17-39)86-72(110)56(35-114)90-66(104)48(21-24-58(75)96)84-70(108)53(30-41-33-80-46-13-8-6-11-44(41)46)88-73(111)62(37(3)93)91-67(105)49(22-25-59(76)97)85-71(109)55(34-113)81-38(4)94/h5-8,10-13,16-19,32-33,36-37,47-57,62,79-80,93,95,113-114H,9,14-15,20-31,34-35H2,1-4H3,(H2,75,96)(H2,76,97)(H2,77,98)(H2,78,101)(H,81,94)(H,82,102)(H,83,107)(H,84,108)(H,85,109)(H,86,110)(H,87,106)(H,88,111)(H,89,103)(H,90,104)(H,91,105)(H,99,100)/t37-,47+,48+,49+,50+,51+,52+,53+,54+,55+,56+,57+,62+/m1/s1. The van der Waals surface area contributed by atoms with Gasteiger partial charge in [0.1, 0.15) is 78.3 Å². The number of thiol groups is 2. The summed E-state index contributed by atoms with van der Waals surface area (Å²) in [7, 11) is 0. The molecule has 0 spiro atoms. The minimum atomic E-state index is -1.92. The molecule has 5 aromatic rings. The van der Waals surface area contributed by atoms with Crippen LogP contribution in [0.2, 0.25) is 0 Å². The average molecular weight is 1630 g/mol. The van der Waals surface area contributed by atoms with Crippen LogP contribution in [0.25, 0.3) is 21.8 Å². The van der Waals surface area contributed by atoms with Crippen molar-refractivity contribution in [2.75, 3.05) is 18.1 Å². The molecule has 618 valence electrons. The van der Waals surface area contributed by atoms with Crippen molar-refractivity contribution in [3.05, 3.63) is 102 Å². The molecule has 1 aliphatic heterocycles. The molecule has 3 heterocycles. The number of carbonyl (C=O) groups excluding carboxylic acids is 16. The molecule has 13 atom stereocenters. The molecule has 3 aromatic carbocycles. The van der Waals surface area contributed by atoms with Gasteiger partial charge in [0.2, 0.25) is 94.5 Å². The number of aliphatic hydroxyl groups is 1. The third-order valence-electron chi connectivity index (χ3n) is 18.7. The molecule has 16 amide bonds. The maximum atomic E-state index is 15.2. The summed E-state index contributed by atoms with van der Waals surface area (Å²) < 4.78 is 0. The monoisotopic (exact) mass is 1620 g/mol. The van der Waals surface area contributed by atoms with Gasteiger partial charge in [0.15, 0.2) is 0 Å². The largest absolute Gasteiger partial charge is 0.508 e. The Bertz CT molecular complexity index is 4330. The maximum absolute atomic E-state index is 15.2. The third kappa shape index (κ3) is 27.8. The molecule has 0 unspecified atom stereocenters. The molecule has 1 saturated heterocycles. The lowest BCUT2D eigenvalue weighted by Gasteiger charge is -2.29. The van der Waals surface area contributed by atoms with E-state index in [1.54, 1.807) is 54.7 Å². The van der Waals surface area contributed by atoms with Gasteiger partial charge in [-0.05, 0) is 98.7 Å². The van der Waals surface area contributed by atoms with Crippen LogP contribution in [0.15, 0.2) is 85.2 Å². The number of H-pyrrole nitrogens is 2. The zero-order chi connectivity index (χ0) is 84.2. The Hall–Kier alpha value is -11.8. The normalized spacial score (nSPS) is 15.7. The summed E-state index contributed by atoms with van der Waals surface area (Å²) in [6.45, 7) is 5.89. The number of aromatic nitrogens is 2. The van der Waals surface area contributed by atoms with Crippen LogP contribution in [0.5, 0.6) is 5.75 Å². The summed E-state index contributed by atoms with van der Waals surface area (Å²) >= 11 is 8.45. The Morgan fingerprint density at radius 3 is 1.27 bits per heavy atom. The number of para-hydroxylation sites is 2. The third-order valence-corrected chi connectivity index (χ3v) is 19.4. The molecule has 40 heteroatoms. The van der Waals surface area contributed by atoms with E-state index in [4.69, 9.17) is 22.9 Å². The first kappa shape index (κ1) is 91.1. The number of likely N-dealkylation sites (tertiary alicyclic amines) is 1. The second kappa shape index (κ2) is 43.9. The fourth-order valence-electron chi connectivity index (χ4n) is 12.6. The van der Waals surface area contributed by atoms with E-state index >= 15 is 9.59 Å². The van der Waals surface area contributed by atoms with E-state index in [0.29, 0.717) is 44.9 Å². The number of rotatable bonds is 46. The number of phenolic OH excluding ortho intramolecular Hbond substituents is 1. The fourth-order valence-corrected chi connectivity index (χ4v) is 13.1. The van der Waals surface area contributed by atoms with E-state index in [-0.39, 0.29) is 62.5 Å². The van der Waals surface area contributed by atoms with Crippen molar-refractivity contribution < 1.29 is 96.8 Å². The lowest BCUT2D eigenvalue weighted by Crippen LogP contribution is -2.62. The van der Waals surface area contributed by atoms with Gasteiger partial charge in [-0.25, -0.2) is 0 Å². The topological polar surface area (TPSA) is 622 Å². The van der Waals surface area contributed by atoms with Crippen LogP contribution in [-0.2, 0) is 101 Å². The van der Waals surface area contributed by atoms with E-state index in [1.165, 1.54) is 30.5 Å². The molecule has 0 bridgehead atoms. The Labute approximate surface area is 665 Å². The first-order valence-electron chi connectivity index (χ1n) is 36.7. The number of nitrogens with two attached hydrogens (primary N) is 4. The van der Waals surface area contributed by atoms with Gasteiger partial charge in [-0.2, -0.15) is 25.3 Å². The van der Waals surface area contributed by atoms with Crippen LogP contribution >= 0.6 is 25.3 Å². The number of hydrogen-bond donors (Lipinski definition) is 22. The SMILES string of the molecule is CC(=O)N[C@@H](CS)C(=O)N[C@@H](CCC(N)=O)C(=O)N[C@H](C(=O)N[C@@H](Cc1c[nH]c2ccccc12)C(=O)N[C@@H](CCC(N)=O)C(=O)N[C@@H](CS)C(=O)N[C@@H](Cc1ccc(O)cc1)C(=O)N[C@@H](Cc1c[nH]c2ccccc12)C(=O)N[C@@H](CCC(C)C)C(=O)N[C@@H](CCC(=O)O)C(=O)N[C@@H](CC(N)=O)C(=O)N1CCC[C@H]1C(N)=O)[C@@H](C)O. The van der Waals surface area contributed by atoms with Crippen LogP contribution in [0.4, 0.5) is 0 Å². The van der Waals surface area contributed by atoms with Gasteiger partial charge < -0.3 is 112 Å². The van der Waals surface area contributed by atoms with Crippen molar-refractivity contribution in [2.24, 2.45) is 28.9 Å². The van der Waals surface area contributed by atoms with E-state index in [1.807, 2.05) is 13.8 Å². The van der Waals surface area contributed by atoms with E-state index in [9.17, 15) is 87.2 Å². The van der Waals surface area contributed by atoms with Crippen LogP contribution in [-0.4, -0.2) is 227 Å². The molecule has 0 aliphatic carbocycles. The highest BCUT2D eigenvalue weighted by Gasteiger charge is 2.41. The highest BCUT2D eigenvalue weighted by atomic mass is 32.1. The van der Waals surface area contributed by atoms with Crippen molar-refractivity contribution in [1.82, 2.24) is 73.4 Å². The number of aliphatic carboxylic acids is 1. The molecule has 2 aromatic heterocycles. The Morgan fingerprint density at radius 2 is 0.851 bits per heavy atom. The molecule has 0 radical (unpaired) electrons. The first-order valence-corrected chi connectivity index (χ1v) is 38.0. The van der Waals surface area contributed by atoms with Crippen LogP contribution in [0.3, 0.4) is 0 Å². The van der Waals surface area contributed by atoms with Crippen LogP contribution in [0, 0.1) is 5.92 Å². The van der Waals surface area contributed by atoms with Crippen LogP contribution < -0.4 is 81.4 Å². The zero-order valence-corrected chi connectivity index (χ0v) is 64.9. The lowest BCUT2D eigenvalue weighted by molar-refractivity contribution is -0.142. The van der Waals surface area contributed by atoms with Crippen molar-refractivity contribution in [1.29, 1.82) is 0 Å². The van der Waals surface area contributed by atoms with Crippen molar-refractivity contribution in [3.63, 3.8) is 0 Å². The van der Waals surface area contributed by atoms with Crippen LogP contribution in [0.1, 0.15) is 115 Å². The summed E-state index contributed by atoms with van der Waals surface area (Å²) in [5.41, 5.74) is 24.4. The first-order chi connectivity index (χ1) is 54.0. The smallest absolute Gasteiger partial charge is 0.303 e. The number of nitrogens with zero attached hydrogens (tertiary/aromatic N) is 1. The van der Waals surface area contributed by atoms with Gasteiger partial charge in [0.25, 0.3) is 0 Å². The van der Waals surface area contributed by atoms with E-state index in [0.717, 1.165) is 18.7 Å². The Balaban J connectivity index is 1.30. The van der Waals surface area contributed by atoms with Crippen molar-refractivity contribution in [2.45, 2.75) is 196 Å². The number of primary amides is 4. The number of carboxylic acid groups (broad SMARTS) is 1. The number of hydrogen-bond acceptors (Lipinski definition) is 21. The summed E-state index contributed by atoms with van der Waals surface area (Å²) in [6.07, 6.45) is -3.16. The Morgan fingerprint density at radius 1 is 0.465 bits per heavy atom. The predicted octanol–water partition coefficient (Wildman–Crippen LogP) is -3.84. The Kier molecular flexibility index (Phi) is 35.0. The van der Waals surface area contributed by atoms with E-state index in [2.05, 4.69) is 93.7 Å². The minimum absolute atomic E-state index is 0.0298. The molecule has 6 rings (SSSR count). The molecule has 114 heavy (non-hydrogen) atoms. The quantitative estimate of drug-likeness (QED) is 0.0166. The summed E-state index contributed by atoms with van der Waals surface area (Å²) in [4.78, 5) is 239. The number of carboxylic acids is 1. The summed E-state index contributed by atoms with van der Waals surface area (Å²) in [5, 5.41) is 59.7. The van der Waals surface area contributed by atoms with Gasteiger partial charge in [-0.15, -0.1) is 0 Å². The number of carbonyl (C=O) groups is 17. The van der Waals surface area contributed by atoms with Gasteiger partial charge >= 0.3 is 5.97 Å². The zero-order valence-electron chi connectivity index (χ0n) is 63.1. The maximum Gasteiger partial charge on any atom is 0.303 e. The molecular formula is C74H100N18O20S2.